The van der Waals surface area contributed by atoms with Crippen LogP contribution in [0.4, 0.5) is 5.69 Å². The number of anilines is 1. The quantitative estimate of drug-likeness (QED) is 0.898. The summed E-state index contributed by atoms with van der Waals surface area (Å²) in [6.45, 7) is 11.1. The van der Waals surface area contributed by atoms with Gasteiger partial charge in [-0.15, -0.1) is 0 Å². The van der Waals surface area contributed by atoms with Crippen LogP contribution in [0.5, 0.6) is 0 Å². The van der Waals surface area contributed by atoms with Gasteiger partial charge in [-0.3, -0.25) is 4.90 Å². The highest BCUT2D eigenvalue weighted by atomic mass is 16.5. The number of aliphatic hydroxyl groups is 1. The van der Waals surface area contributed by atoms with Gasteiger partial charge in [0, 0.05) is 38.3 Å². The Labute approximate surface area is 157 Å². The summed E-state index contributed by atoms with van der Waals surface area (Å²) < 4.78 is 5.84. The Hall–Kier alpha value is -1.61. The molecule has 5 heteroatoms. The van der Waals surface area contributed by atoms with Crippen molar-refractivity contribution in [3.63, 3.8) is 0 Å². The lowest BCUT2D eigenvalue weighted by molar-refractivity contribution is -0.0720. The van der Waals surface area contributed by atoms with Gasteiger partial charge in [0.1, 0.15) is 6.07 Å². The molecule has 0 aliphatic carbocycles. The molecule has 5 nitrogen and oxygen atoms in total. The summed E-state index contributed by atoms with van der Waals surface area (Å²) in [5.41, 5.74) is 2.45. The van der Waals surface area contributed by atoms with Crippen LogP contribution in [0.2, 0.25) is 0 Å². The van der Waals surface area contributed by atoms with Crippen LogP contribution in [0.1, 0.15) is 50.8 Å². The van der Waals surface area contributed by atoms with Gasteiger partial charge in [-0.1, -0.05) is 12.1 Å². The van der Waals surface area contributed by atoms with E-state index in [1.54, 1.807) is 6.92 Å². The van der Waals surface area contributed by atoms with Crippen LogP contribution in [-0.2, 0) is 4.74 Å². The van der Waals surface area contributed by atoms with E-state index in [9.17, 15) is 10.4 Å². The van der Waals surface area contributed by atoms with Gasteiger partial charge in [0.15, 0.2) is 0 Å². The highest BCUT2D eigenvalue weighted by Gasteiger charge is 2.28. The second kappa shape index (κ2) is 8.39. The summed E-state index contributed by atoms with van der Waals surface area (Å²) in [6, 6.07) is 7.94. The first kappa shape index (κ1) is 19.2. The topological polar surface area (TPSA) is 59.7 Å². The summed E-state index contributed by atoms with van der Waals surface area (Å²) in [6.07, 6.45) is 2.32. The van der Waals surface area contributed by atoms with Crippen molar-refractivity contribution in [2.75, 3.05) is 37.6 Å². The molecule has 0 spiro atoms. The molecule has 2 heterocycles. The Morgan fingerprint density at radius 2 is 1.88 bits per heavy atom. The van der Waals surface area contributed by atoms with Crippen LogP contribution in [0, 0.1) is 17.2 Å². The van der Waals surface area contributed by atoms with E-state index in [1.165, 1.54) is 0 Å². The van der Waals surface area contributed by atoms with E-state index in [0.29, 0.717) is 23.7 Å². The largest absolute Gasteiger partial charge is 0.389 e. The van der Waals surface area contributed by atoms with E-state index in [2.05, 4.69) is 29.7 Å². The molecular formula is C21H31N3O2. The normalized spacial score (nSPS) is 26.5. The number of ether oxygens (including phenoxy) is 1. The zero-order valence-corrected chi connectivity index (χ0v) is 16.2. The number of hydrogen-bond donors (Lipinski definition) is 1. The van der Waals surface area contributed by atoms with Crippen molar-refractivity contribution >= 4 is 5.69 Å². The standard InChI is InChI=1S/C21H31N3O2/c1-15-12-23(13-16(2)26-15)14-18-7-9-24(10-8-18)21-19(11-22)5-4-6-20(21)17(3)25/h4-6,15-18,25H,7-10,12-14H2,1-3H3. The Kier molecular flexibility index (Phi) is 6.18. The minimum atomic E-state index is -0.563. The molecule has 2 aliphatic rings. The van der Waals surface area contributed by atoms with Crippen LogP contribution in [0.3, 0.4) is 0 Å². The Balaban J connectivity index is 1.63. The molecule has 2 saturated heterocycles. The van der Waals surface area contributed by atoms with E-state index >= 15 is 0 Å². The molecule has 0 radical (unpaired) electrons. The minimum Gasteiger partial charge on any atom is -0.389 e. The fraction of sp³-hybridized carbons (Fsp3) is 0.667. The number of piperidine rings is 1. The van der Waals surface area contributed by atoms with Gasteiger partial charge in [-0.25, -0.2) is 0 Å². The highest BCUT2D eigenvalue weighted by Crippen LogP contribution is 2.33. The summed E-state index contributed by atoms with van der Waals surface area (Å²) in [5.74, 6) is 0.688. The van der Waals surface area contributed by atoms with E-state index in [4.69, 9.17) is 4.74 Å². The number of hydrogen-bond acceptors (Lipinski definition) is 5. The van der Waals surface area contributed by atoms with Gasteiger partial charge in [0.05, 0.1) is 29.6 Å². The Morgan fingerprint density at radius 3 is 2.46 bits per heavy atom. The third-order valence-corrected chi connectivity index (χ3v) is 5.58. The second-order valence-corrected chi connectivity index (χ2v) is 7.94. The van der Waals surface area contributed by atoms with Crippen LogP contribution in [0.15, 0.2) is 18.2 Å². The number of nitriles is 1. The van der Waals surface area contributed by atoms with Crippen molar-refractivity contribution < 1.29 is 9.84 Å². The van der Waals surface area contributed by atoms with Gasteiger partial charge < -0.3 is 14.7 Å². The fourth-order valence-corrected chi connectivity index (χ4v) is 4.48. The second-order valence-electron chi connectivity index (χ2n) is 7.94. The van der Waals surface area contributed by atoms with Gasteiger partial charge in [0.2, 0.25) is 0 Å². The molecule has 1 N–H and O–H groups in total. The van der Waals surface area contributed by atoms with E-state index in [-0.39, 0.29) is 0 Å². The zero-order chi connectivity index (χ0) is 18.7. The SMILES string of the molecule is CC1CN(CC2CCN(c3c(C#N)cccc3C(C)O)CC2)CC(C)O1. The molecule has 3 atom stereocenters. The predicted molar refractivity (Wildman–Crippen MR) is 103 cm³/mol. The number of para-hydroxylation sites is 1. The van der Waals surface area contributed by atoms with Crippen molar-refractivity contribution in [3.05, 3.63) is 29.3 Å². The predicted octanol–water partition coefficient (Wildman–Crippen LogP) is 2.94. The molecule has 3 rings (SSSR count). The Bertz CT molecular complexity index is 637. The van der Waals surface area contributed by atoms with Crippen LogP contribution in [0.25, 0.3) is 0 Å². The number of nitrogens with zero attached hydrogens (tertiary/aromatic N) is 3. The summed E-state index contributed by atoms with van der Waals surface area (Å²) >= 11 is 0. The van der Waals surface area contributed by atoms with Crippen molar-refractivity contribution in [3.8, 4) is 6.07 Å². The molecule has 142 valence electrons. The molecule has 3 unspecified atom stereocenters. The molecular weight excluding hydrogens is 326 g/mol. The molecule has 1 aromatic rings. The monoisotopic (exact) mass is 357 g/mol. The Morgan fingerprint density at radius 1 is 1.23 bits per heavy atom. The first-order valence-corrected chi connectivity index (χ1v) is 9.81. The number of benzene rings is 1. The van der Waals surface area contributed by atoms with Gasteiger partial charge >= 0.3 is 0 Å². The average Bonchev–Trinajstić information content (AvgIpc) is 2.60. The maximum atomic E-state index is 10.1. The van der Waals surface area contributed by atoms with Crippen LogP contribution < -0.4 is 4.90 Å². The summed E-state index contributed by atoms with van der Waals surface area (Å²) in [4.78, 5) is 4.84. The molecule has 0 saturated carbocycles. The van der Waals surface area contributed by atoms with Crippen molar-refractivity contribution in [2.24, 2.45) is 5.92 Å². The molecule has 2 aliphatic heterocycles. The molecule has 1 aromatic carbocycles. The van der Waals surface area contributed by atoms with Gasteiger partial charge in [0.25, 0.3) is 0 Å². The number of rotatable bonds is 4. The lowest BCUT2D eigenvalue weighted by Crippen LogP contribution is -2.48. The molecule has 26 heavy (non-hydrogen) atoms. The molecule has 0 aromatic heterocycles. The number of morpholine rings is 1. The zero-order valence-electron chi connectivity index (χ0n) is 16.2. The summed E-state index contributed by atoms with van der Waals surface area (Å²) in [5, 5.41) is 19.6. The van der Waals surface area contributed by atoms with Gasteiger partial charge in [-0.2, -0.15) is 5.26 Å². The first-order chi connectivity index (χ1) is 12.5. The van der Waals surface area contributed by atoms with Gasteiger partial charge in [-0.05, 0) is 45.6 Å². The lowest BCUT2D eigenvalue weighted by atomic mass is 9.93. The first-order valence-electron chi connectivity index (χ1n) is 9.81. The summed E-state index contributed by atoms with van der Waals surface area (Å²) in [7, 11) is 0. The highest BCUT2D eigenvalue weighted by molar-refractivity contribution is 5.65. The smallest absolute Gasteiger partial charge is 0.101 e. The third kappa shape index (κ3) is 4.37. The fourth-order valence-electron chi connectivity index (χ4n) is 4.48. The molecule has 0 bridgehead atoms. The number of aliphatic hydroxyl groups excluding tert-OH is 1. The van der Waals surface area contributed by atoms with E-state index in [1.807, 2.05) is 18.2 Å². The van der Waals surface area contributed by atoms with E-state index < -0.39 is 6.10 Å². The molecule has 0 amide bonds. The van der Waals surface area contributed by atoms with Crippen molar-refractivity contribution in [2.45, 2.75) is 51.9 Å². The van der Waals surface area contributed by atoms with Crippen molar-refractivity contribution in [1.82, 2.24) is 4.90 Å². The van der Waals surface area contributed by atoms with Crippen molar-refractivity contribution in [1.29, 1.82) is 5.26 Å². The minimum absolute atomic E-state index is 0.315. The van der Waals surface area contributed by atoms with Crippen LogP contribution in [-0.4, -0.2) is 54.9 Å². The average molecular weight is 357 g/mol. The van der Waals surface area contributed by atoms with E-state index in [0.717, 1.165) is 56.8 Å². The molecule has 2 fully saturated rings. The maximum Gasteiger partial charge on any atom is 0.101 e. The maximum absolute atomic E-state index is 10.1. The van der Waals surface area contributed by atoms with Crippen LogP contribution >= 0.6 is 0 Å². The third-order valence-electron chi connectivity index (χ3n) is 5.58. The lowest BCUT2D eigenvalue weighted by Gasteiger charge is -2.40.